The second-order valence-electron chi connectivity index (χ2n) is 9.42. The number of likely N-dealkylation sites (tertiary alicyclic amines) is 1. The molecule has 0 spiro atoms. The van der Waals surface area contributed by atoms with Crippen molar-refractivity contribution in [1.82, 2.24) is 10.2 Å². The Hall–Kier alpha value is -2.35. The number of carbonyl (C=O) groups is 3. The highest BCUT2D eigenvalue weighted by atomic mass is 32.2. The van der Waals surface area contributed by atoms with E-state index in [1.807, 2.05) is 6.92 Å². The topological polar surface area (TPSA) is 90.9 Å². The average Bonchev–Trinajstić information content (AvgIpc) is 3.14. The molecule has 0 bridgehead atoms. The van der Waals surface area contributed by atoms with Crippen molar-refractivity contribution in [2.75, 3.05) is 18.4 Å². The van der Waals surface area contributed by atoms with Crippen LogP contribution in [0.15, 0.2) is 29.3 Å². The Bertz CT molecular complexity index is 880. The summed E-state index contributed by atoms with van der Waals surface area (Å²) >= 11 is 1.39. The van der Waals surface area contributed by atoms with Gasteiger partial charge in [-0.25, -0.2) is 0 Å². The van der Waals surface area contributed by atoms with Crippen molar-refractivity contribution >= 4 is 40.3 Å². The molecule has 2 aliphatic rings. The SMILES string of the molecule is CC(C)CCCC(C)NC(=O)c1cccc(NC(=O)CC2SC(N3CCCCC3)=NC2=O)c1. The van der Waals surface area contributed by atoms with E-state index in [1.165, 1.54) is 18.2 Å². The van der Waals surface area contributed by atoms with Gasteiger partial charge in [-0.1, -0.05) is 44.5 Å². The van der Waals surface area contributed by atoms with E-state index < -0.39 is 5.25 Å². The van der Waals surface area contributed by atoms with Crippen molar-refractivity contribution in [3.8, 4) is 0 Å². The molecular formula is C25H36N4O3S. The van der Waals surface area contributed by atoms with Gasteiger partial charge in [0.25, 0.3) is 11.8 Å². The van der Waals surface area contributed by atoms with Crippen LogP contribution < -0.4 is 10.6 Å². The summed E-state index contributed by atoms with van der Waals surface area (Å²) in [6, 6.07) is 7.00. The summed E-state index contributed by atoms with van der Waals surface area (Å²) in [5, 5.41) is 6.12. The first-order valence-electron chi connectivity index (χ1n) is 12.1. The number of amidine groups is 1. The van der Waals surface area contributed by atoms with Crippen LogP contribution in [0, 0.1) is 5.92 Å². The molecular weight excluding hydrogens is 436 g/mol. The smallest absolute Gasteiger partial charge is 0.262 e. The summed E-state index contributed by atoms with van der Waals surface area (Å²) in [4.78, 5) is 43.8. The number of hydrogen-bond donors (Lipinski definition) is 2. The molecule has 0 aromatic heterocycles. The summed E-state index contributed by atoms with van der Waals surface area (Å²) in [5.41, 5.74) is 1.05. The summed E-state index contributed by atoms with van der Waals surface area (Å²) in [6.07, 6.45) is 6.66. The molecule has 33 heavy (non-hydrogen) atoms. The van der Waals surface area contributed by atoms with Crippen molar-refractivity contribution in [2.45, 2.75) is 77.0 Å². The first-order chi connectivity index (χ1) is 15.8. The highest BCUT2D eigenvalue weighted by Gasteiger charge is 2.33. The van der Waals surface area contributed by atoms with E-state index in [2.05, 4.69) is 34.4 Å². The molecule has 180 valence electrons. The number of anilines is 1. The third-order valence-electron chi connectivity index (χ3n) is 5.93. The highest BCUT2D eigenvalue weighted by Crippen LogP contribution is 2.29. The van der Waals surface area contributed by atoms with Crippen molar-refractivity contribution in [1.29, 1.82) is 0 Å². The molecule has 1 fully saturated rings. The fourth-order valence-electron chi connectivity index (χ4n) is 4.06. The number of thioether (sulfide) groups is 1. The zero-order valence-corrected chi connectivity index (χ0v) is 20.7. The van der Waals surface area contributed by atoms with Gasteiger partial charge in [-0.2, -0.15) is 4.99 Å². The Balaban J connectivity index is 1.48. The quantitative estimate of drug-likeness (QED) is 0.554. The van der Waals surface area contributed by atoms with E-state index in [0.717, 1.165) is 50.4 Å². The van der Waals surface area contributed by atoms with Gasteiger partial charge < -0.3 is 15.5 Å². The zero-order chi connectivity index (χ0) is 23.8. The summed E-state index contributed by atoms with van der Waals surface area (Å²) < 4.78 is 0. The van der Waals surface area contributed by atoms with E-state index >= 15 is 0 Å². The lowest BCUT2D eigenvalue weighted by Gasteiger charge is -2.27. The van der Waals surface area contributed by atoms with Crippen LogP contribution in [0.1, 0.15) is 76.1 Å². The number of carbonyl (C=O) groups excluding carboxylic acids is 3. The summed E-state index contributed by atoms with van der Waals surface area (Å²) in [7, 11) is 0. The Morgan fingerprint density at radius 1 is 1.15 bits per heavy atom. The monoisotopic (exact) mass is 472 g/mol. The summed E-state index contributed by atoms with van der Waals surface area (Å²) in [6.45, 7) is 8.25. The molecule has 2 N–H and O–H groups in total. The fraction of sp³-hybridized carbons (Fsp3) is 0.600. The molecule has 3 amide bonds. The second kappa shape index (κ2) is 12.2. The van der Waals surface area contributed by atoms with Crippen LogP contribution in [0.2, 0.25) is 0 Å². The third kappa shape index (κ3) is 7.88. The Kier molecular flexibility index (Phi) is 9.35. The van der Waals surface area contributed by atoms with Crippen LogP contribution in [0.5, 0.6) is 0 Å². The van der Waals surface area contributed by atoms with Crippen LogP contribution in [0.4, 0.5) is 5.69 Å². The Morgan fingerprint density at radius 3 is 2.64 bits per heavy atom. The standard InChI is InChI=1S/C25H36N4O3S/c1-17(2)9-7-10-18(3)26-23(31)19-11-8-12-20(15-19)27-22(30)16-21-24(32)28-25(33-21)29-13-5-4-6-14-29/h8,11-12,15,17-18,21H,4-7,9-10,13-14,16H2,1-3H3,(H,26,31)(H,27,30). The number of nitrogens with zero attached hydrogens (tertiary/aromatic N) is 2. The van der Waals surface area contributed by atoms with Gasteiger partial charge in [-0.05, 0) is 56.7 Å². The van der Waals surface area contributed by atoms with Crippen LogP contribution >= 0.6 is 11.8 Å². The molecule has 2 aliphatic heterocycles. The lowest BCUT2D eigenvalue weighted by molar-refractivity contribution is -0.121. The minimum absolute atomic E-state index is 0.0631. The third-order valence-corrected chi connectivity index (χ3v) is 7.14. The lowest BCUT2D eigenvalue weighted by Crippen LogP contribution is -2.33. The largest absolute Gasteiger partial charge is 0.351 e. The minimum atomic E-state index is -0.486. The van der Waals surface area contributed by atoms with Crippen molar-refractivity contribution in [2.24, 2.45) is 10.9 Å². The molecule has 7 nitrogen and oxygen atoms in total. The Labute approximate surface area is 201 Å². The molecule has 0 saturated carbocycles. The van der Waals surface area contributed by atoms with Crippen LogP contribution in [-0.4, -0.2) is 52.2 Å². The van der Waals surface area contributed by atoms with Crippen molar-refractivity contribution < 1.29 is 14.4 Å². The number of benzene rings is 1. The van der Waals surface area contributed by atoms with Gasteiger partial charge in [0.1, 0.15) is 5.25 Å². The van der Waals surface area contributed by atoms with Crippen molar-refractivity contribution in [3.05, 3.63) is 29.8 Å². The van der Waals surface area contributed by atoms with Crippen LogP contribution in [0.3, 0.4) is 0 Å². The average molecular weight is 473 g/mol. The fourth-order valence-corrected chi connectivity index (χ4v) is 5.18. The van der Waals surface area contributed by atoms with E-state index in [-0.39, 0.29) is 30.2 Å². The van der Waals surface area contributed by atoms with Crippen molar-refractivity contribution in [3.63, 3.8) is 0 Å². The van der Waals surface area contributed by atoms with Gasteiger partial charge in [0.15, 0.2) is 5.17 Å². The molecule has 8 heteroatoms. The second-order valence-corrected chi connectivity index (χ2v) is 10.6. The number of hydrogen-bond acceptors (Lipinski definition) is 5. The Morgan fingerprint density at radius 2 is 1.91 bits per heavy atom. The maximum Gasteiger partial charge on any atom is 0.262 e. The number of amides is 3. The molecule has 1 aromatic rings. The maximum atomic E-state index is 12.6. The summed E-state index contributed by atoms with van der Waals surface area (Å²) in [5.74, 6) is 0.0177. The molecule has 2 atom stereocenters. The van der Waals surface area contributed by atoms with Gasteiger partial charge in [0, 0.05) is 36.8 Å². The van der Waals surface area contributed by atoms with Crippen LogP contribution in [-0.2, 0) is 9.59 Å². The van der Waals surface area contributed by atoms with E-state index in [0.29, 0.717) is 17.2 Å². The predicted molar refractivity (Wildman–Crippen MR) is 135 cm³/mol. The molecule has 3 rings (SSSR count). The van der Waals surface area contributed by atoms with Gasteiger partial charge in [-0.15, -0.1) is 0 Å². The van der Waals surface area contributed by atoms with Crippen LogP contribution in [0.25, 0.3) is 0 Å². The minimum Gasteiger partial charge on any atom is -0.351 e. The number of nitrogens with one attached hydrogen (secondary N) is 2. The molecule has 2 heterocycles. The van der Waals surface area contributed by atoms with Gasteiger partial charge >= 0.3 is 0 Å². The maximum absolute atomic E-state index is 12.6. The number of aliphatic imine (C=N–C) groups is 1. The molecule has 2 unspecified atom stereocenters. The first-order valence-corrected chi connectivity index (χ1v) is 12.9. The number of piperidine rings is 1. The van der Waals surface area contributed by atoms with E-state index in [4.69, 9.17) is 0 Å². The molecule has 1 saturated heterocycles. The van der Waals surface area contributed by atoms with E-state index in [1.54, 1.807) is 24.3 Å². The zero-order valence-electron chi connectivity index (χ0n) is 19.9. The molecule has 0 aliphatic carbocycles. The molecule has 0 radical (unpaired) electrons. The number of rotatable bonds is 9. The predicted octanol–water partition coefficient (Wildman–Crippen LogP) is 4.44. The lowest BCUT2D eigenvalue weighted by atomic mass is 10.0. The normalized spacial score (nSPS) is 19.4. The van der Waals surface area contributed by atoms with Gasteiger partial charge in [-0.3, -0.25) is 14.4 Å². The van der Waals surface area contributed by atoms with Gasteiger partial charge in [0.2, 0.25) is 5.91 Å². The molecule has 1 aromatic carbocycles. The van der Waals surface area contributed by atoms with Gasteiger partial charge in [0.05, 0.1) is 0 Å². The first kappa shape index (κ1) is 25.3. The van der Waals surface area contributed by atoms with E-state index in [9.17, 15) is 14.4 Å². The highest BCUT2D eigenvalue weighted by molar-refractivity contribution is 8.15.